The van der Waals surface area contributed by atoms with Gasteiger partial charge in [-0.3, -0.25) is 4.79 Å². The van der Waals surface area contributed by atoms with Crippen molar-refractivity contribution < 1.29 is 0 Å². The first-order valence-electron chi connectivity index (χ1n) is 4.97. The van der Waals surface area contributed by atoms with Crippen molar-refractivity contribution in [1.82, 2.24) is 9.55 Å². The van der Waals surface area contributed by atoms with E-state index < -0.39 is 0 Å². The predicted octanol–water partition coefficient (Wildman–Crippen LogP) is 1.47. The molecule has 78 valence electrons. The highest BCUT2D eigenvalue weighted by Gasteiger charge is 2.04. The fourth-order valence-corrected chi connectivity index (χ4v) is 1.24. The van der Waals surface area contributed by atoms with Crippen molar-refractivity contribution in [2.24, 2.45) is 0 Å². The van der Waals surface area contributed by atoms with Gasteiger partial charge in [-0.1, -0.05) is 6.92 Å². The second-order valence-corrected chi connectivity index (χ2v) is 3.57. The van der Waals surface area contributed by atoms with Gasteiger partial charge < -0.3 is 9.88 Å². The first-order chi connectivity index (χ1) is 6.65. The van der Waals surface area contributed by atoms with Gasteiger partial charge in [-0.05, 0) is 20.3 Å². The van der Waals surface area contributed by atoms with Gasteiger partial charge in [0.05, 0.1) is 0 Å². The van der Waals surface area contributed by atoms with Crippen LogP contribution in [-0.4, -0.2) is 15.6 Å². The Morgan fingerprint density at radius 1 is 1.57 bits per heavy atom. The van der Waals surface area contributed by atoms with Gasteiger partial charge in [0.15, 0.2) is 5.82 Å². The minimum atomic E-state index is -0.0388. The number of nitrogens with zero attached hydrogens (tertiary/aromatic N) is 2. The summed E-state index contributed by atoms with van der Waals surface area (Å²) in [6.45, 7) is 6.76. The lowest BCUT2D eigenvalue weighted by molar-refractivity contribution is 0.648. The lowest BCUT2D eigenvalue weighted by Gasteiger charge is -2.10. The molecule has 0 aliphatic rings. The summed E-state index contributed by atoms with van der Waals surface area (Å²) in [6, 6.07) is 0.229. The van der Waals surface area contributed by atoms with Crippen molar-refractivity contribution in [3.63, 3.8) is 0 Å². The Kier molecular flexibility index (Phi) is 3.68. The van der Waals surface area contributed by atoms with Crippen LogP contribution in [0.5, 0.6) is 0 Å². The van der Waals surface area contributed by atoms with Crippen LogP contribution in [0.15, 0.2) is 17.2 Å². The number of anilines is 1. The summed E-state index contributed by atoms with van der Waals surface area (Å²) in [6.07, 6.45) is 4.32. The van der Waals surface area contributed by atoms with Crippen LogP contribution in [0.4, 0.5) is 5.82 Å². The largest absolute Gasteiger partial charge is 0.363 e. The van der Waals surface area contributed by atoms with E-state index in [1.165, 1.54) is 0 Å². The maximum atomic E-state index is 11.7. The maximum Gasteiger partial charge on any atom is 0.293 e. The highest BCUT2D eigenvalue weighted by atomic mass is 16.1. The van der Waals surface area contributed by atoms with Gasteiger partial charge in [-0.25, -0.2) is 4.98 Å². The first-order valence-corrected chi connectivity index (χ1v) is 4.97. The van der Waals surface area contributed by atoms with Crippen LogP contribution < -0.4 is 10.9 Å². The fraction of sp³-hybridized carbons (Fsp3) is 0.600. The Hall–Kier alpha value is -1.32. The van der Waals surface area contributed by atoms with Crippen molar-refractivity contribution >= 4 is 5.82 Å². The minimum Gasteiger partial charge on any atom is -0.363 e. The van der Waals surface area contributed by atoms with Gasteiger partial charge in [0.1, 0.15) is 0 Å². The van der Waals surface area contributed by atoms with Gasteiger partial charge in [0, 0.05) is 25.0 Å². The molecule has 1 aromatic rings. The molecule has 0 unspecified atom stereocenters. The molecule has 0 saturated heterocycles. The molecule has 1 heterocycles. The van der Waals surface area contributed by atoms with E-state index in [4.69, 9.17) is 0 Å². The van der Waals surface area contributed by atoms with E-state index in [9.17, 15) is 4.79 Å². The van der Waals surface area contributed by atoms with Gasteiger partial charge in [-0.15, -0.1) is 0 Å². The second-order valence-electron chi connectivity index (χ2n) is 3.57. The zero-order valence-corrected chi connectivity index (χ0v) is 8.95. The molecule has 4 heteroatoms. The van der Waals surface area contributed by atoms with Crippen molar-refractivity contribution in [3.05, 3.63) is 22.7 Å². The Morgan fingerprint density at radius 2 is 2.29 bits per heavy atom. The molecule has 0 amide bonds. The van der Waals surface area contributed by atoms with E-state index in [0.717, 1.165) is 13.0 Å². The number of nitrogens with one attached hydrogen (secondary N) is 1. The molecule has 0 aliphatic carbocycles. The van der Waals surface area contributed by atoms with Gasteiger partial charge >= 0.3 is 0 Å². The predicted molar refractivity (Wildman–Crippen MR) is 57.5 cm³/mol. The summed E-state index contributed by atoms with van der Waals surface area (Å²) in [5, 5.41) is 3.03. The molecular formula is C10H17N3O. The molecule has 0 aliphatic heterocycles. The zero-order valence-electron chi connectivity index (χ0n) is 8.95. The van der Waals surface area contributed by atoms with Crippen LogP contribution in [0.25, 0.3) is 0 Å². The van der Waals surface area contributed by atoms with E-state index >= 15 is 0 Å². The molecule has 0 spiro atoms. The topological polar surface area (TPSA) is 46.9 Å². The van der Waals surface area contributed by atoms with Crippen LogP contribution in [0.2, 0.25) is 0 Å². The van der Waals surface area contributed by atoms with Crippen LogP contribution in [0, 0.1) is 0 Å². The van der Waals surface area contributed by atoms with Crippen molar-refractivity contribution in [1.29, 1.82) is 0 Å². The smallest absolute Gasteiger partial charge is 0.293 e. The summed E-state index contributed by atoms with van der Waals surface area (Å²) >= 11 is 0. The monoisotopic (exact) mass is 195 g/mol. The Morgan fingerprint density at radius 3 is 2.86 bits per heavy atom. The van der Waals surface area contributed by atoms with E-state index in [2.05, 4.69) is 10.3 Å². The molecule has 0 aromatic carbocycles. The quantitative estimate of drug-likeness (QED) is 0.791. The lowest BCUT2D eigenvalue weighted by atomic mass is 10.4. The Labute approximate surface area is 84.0 Å². The molecular weight excluding hydrogens is 178 g/mol. The highest BCUT2D eigenvalue weighted by Crippen LogP contribution is 1.96. The summed E-state index contributed by atoms with van der Waals surface area (Å²) in [5.74, 6) is 0.441. The summed E-state index contributed by atoms with van der Waals surface area (Å²) in [7, 11) is 0. The molecule has 0 atom stereocenters. The number of aryl methyl sites for hydroxylation is 1. The van der Waals surface area contributed by atoms with Crippen LogP contribution in [0.1, 0.15) is 27.2 Å². The first kappa shape index (κ1) is 10.8. The normalized spacial score (nSPS) is 10.6. The third-order valence-corrected chi connectivity index (χ3v) is 1.80. The van der Waals surface area contributed by atoms with Crippen LogP contribution in [-0.2, 0) is 6.54 Å². The van der Waals surface area contributed by atoms with Crippen LogP contribution >= 0.6 is 0 Å². The van der Waals surface area contributed by atoms with E-state index in [1.54, 1.807) is 17.0 Å². The average Bonchev–Trinajstić information content (AvgIpc) is 2.11. The third kappa shape index (κ3) is 2.58. The van der Waals surface area contributed by atoms with Gasteiger partial charge in [0.25, 0.3) is 5.56 Å². The van der Waals surface area contributed by atoms with E-state index in [1.807, 2.05) is 20.8 Å². The summed E-state index contributed by atoms with van der Waals surface area (Å²) in [5.41, 5.74) is -0.0388. The molecule has 14 heavy (non-hydrogen) atoms. The molecule has 4 nitrogen and oxygen atoms in total. The molecule has 1 aromatic heterocycles. The maximum absolute atomic E-state index is 11.7. The fourth-order valence-electron chi connectivity index (χ4n) is 1.24. The average molecular weight is 195 g/mol. The van der Waals surface area contributed by atoms with Crippen molar-refractivity contribution in [2.75, 3.05) is 5.32 Å². The molecule has 0 radical (unpaired) electrons. The van der Waals surface area contributed by atoms with Gasteiger partial charge in [-0.2, -0.15) is 0 Å². The molecule has 0 bridgehead atoms. The second kappa shape index (κ2) is 4.79. The van der Waals surface area contributed by atoms with Gasteiger partial charge in [0.2, 0.25) is 0 Å². The Bertz CT molecular complexity index is 343. The van der Waals surface area contributed by atoms with Crippen LogP contribution in [0.3, 0.4) is 0 Å². The molecule has 0 fully saturated rings. The summed E-state index contributed by atoms with van der Waals surface area (Å²) < 4.78 is 1.68. The third-order valence-electron chi connectivity index (χ3n) is 1.80. The standard InChI is InChI=1S/C10H17N3O/c1-4-6-13-7-5-11-9(10(13)14)12-8(2)3/h5,7-8H,4,6H2,1-3H3,(H,11,12). The number of hydrogen-bond donors (Lipinski definition) is 1. The SMILES string of the molecule is CCCn1ccnc(NC(C)C)c1=O. The van der Waals surface area contributed by atoms with Crippen molar-refractivity contribution in [3.8, 4) is 0 Å². The Balaban J connectivity index is 2.95. The number of hydrogen-bond acceptors (Lipinski definition) is 3. The highest BCUT2D eigenvalue weighted by molar-refractivity contribution is 5.31. The number of aromatic nitrogens is 2. The molecule has 1 N–H and O–H groups in total. The van der Waals surface area contributed by atoms with E-state index in [0.29, 0.717) is 5.82 Å². The molecule has 1 rings (SSSR count). The van der Waals surface area contributed by atoms with E-state index in [-0.39, 0.29) is 11.6 Å². The lowest BCUT2D eigenvalue weighted by Crippen LogP contribution is -2.26. The summed E-state index contributed by atoms with van der Waals surface area (Å²) in [4.78, 5) is 15.7. The zero-order chi connectivity index (χ0) is 10.6. The molecule has 0 saturated carbocycles. The van der Waals surface area contributed by atoms with Crippen molar-refractivity contribution in [2.45, 2.75) is 39.8 Å². The number of rotatable bonds is 4. The minimum absolute atomic E-state index is 0.0388.